The summed E-state index contributed by atoms with van der Waals surface area (Å²) >= 11 is 0. The molecule has 3 aromatic carbocycles. The summed E-state index contributed by atoms with van der Waals surface area (Å²) in [5.74, 6) is 0.557. The number of allylic oxidation sites excluding steroid dienone is 1. The van der Waals surface area contributed by atoms with Crippen molar-refractivity contribution in [3.8, 4) is 23.3 Å². The largest absolute Gasteiger partial charge is 0.494 e. The van der Waals surface area contributed by atoms with Gasteiger partial charge in [0, 0.05) is 17.7 Å². The predicted octanol–water partition coefficient (Wildman–Crippen LogP) is 5.70. The number of rotatable bonds is 8. The smallest absolute Gasteiger partial charge is 0.336 e. The molecule has 35 heavy (non-hydrogen) atoms. The number of benzene rings is 3. The van der Waals surface area contributed by atoms with Crippen molar-refractivity contribution in [2.75, 3.05) is 6.61 Å². The summed E-state index contributed by atoms with van der Waals surface area (Å²) < 4.78 is 17.1. The van der Waals surface area contributed by atoms with E-state index in [4.69, 9.17) is 19.9 Å². The van der Waals surface area contributed by atoms with Crippen molar-refractivity contribution in [2.45, 2.75) is 25.7 Å². The number of unbranched alkanes of at least 4 members (excludes halogenated alkanes) is 1. The van der Waals surface area contributed by atoms with E-state index >= 15 is 0 Å². The van der Waals surface area contributed by atoms with E-state index in [9.17, 15) is 10.1 Å². The van der Waals surface area contributed by atoms with Crippen LogP contribution in [0.25, 0.3) is 6.08 Å². The number of nitriles is 1. The molecule has 1 aliphatic rings. The Hall–Kier alpha value is -4.50. The predicted molar refractivity (Wildman–Crippen MR) is 134 cm³/mol. The summed E-state index contributed by atoms with van der Waals surface area (Å²) in [4.78, 5) is 12.3. The number of ether oxygens (including phenoxy) is 3. The van der Waals surface area contributed by atoms with Crippen LogP contribution in [0.2, 0.25) is 0 Å². The van der Waals surface area contributed by atoms with Gasteiger partial charge in [0.05, 0.1) is 12.5 Å². The molecule has 0 radical (unpaired) electrons. The Kier molecular flexibility index (Phi) is 7.49. The van der Waals surface area contributed by atoms with Gasteiger partial charge in [0.1, 0.15) is 28.9 Å². The Bertz CT molecular complexity index is 1310. The molecule has 4 rings (SSSR count). The van der Waals surface area contributed by atoms with Crippen LogP contribution in [0, 0.1) is 11.3 Å². The molecule has 0 aliphatic carbocycles. The first-order valence-electron chi connectivity index (χ1n) is 11.5. The van der Waals surface area contributed by atoms with Gasteiger partial charge in [-0.1, -0.05) is 61.9 Å². The molecule has 0 fully saturated rings. The van der Waals surface area contributed by atoms with Crippen LogP contribution in [-0.2, 0) is 4.79 Å². The second-order valence-electron chi connectivity index (χ2n) is 8.06. The first-order chi connectivity index (χ1) is 17.1. The maximum atomic E-state index is 12.3. The zero-order valence-electron chi connectivity index (χ0n) is 19.4. The van der Waals surface area contributed by atoms with Gasteiger partial charge in [-0.05, 0) is 41.8 Å². The number of nitrogens with two attached hydrogens (primary N) is 1. The van der Waals surface area contributed by atoms with Crippen LogP contribution in [0.4, 0.5) is 0 Å². The van der Waals surface area contributed by atoms with E-state index in [0.717, 1.165) is 35.3 Å². The van der Waals surface area contributed by atoms with Crippen LogP contribution in [0.15, 0.2) is 90.3 Å². The third-order valence-electron chi connectivity index (χ3n) is 5.58. The van der Waals surface area contributed by atoms with Gasteiger partial charge in [0.15, 0.2) is 0 Å². The van der Waals surface area contributed by atoms with Gasteiger partial charge < -0.3 is 19.9 Å². The fourth-order valence-corrected chi connectivity index (χ4v) is 3.84. The summed E-state index contributed by atoms with van der Waals surface area (Å²) in [6.07, 6.45) is 5.05. The number of carbonyl (C=O) groups is 1. The van der Waals surface area contributed by atoms with Gasteiger partial charge >= 0.3 is 5.97 Å². The van der Waals surface area contributed by atoms with E-state index < -0.39 is 11.9 Å². The van der Waals surface area contributed by atoms with Crippen LogP contribution >= 0.6 is 0 Å². The highest BCUT2D eigenvalue weighted by Crippen LogP contribution is 2.44. The molecule has 1 unspecified atom stereocenters. The lowest BCUT2D eigenvalue weighted by Gasteiger charge is -2.27. The molecule has 176 valence electrons. The van der Waals surface area contributed by atoms with Gasteiger partial charge in [-0.15, -0.1) is 0 Å². The maximum Gasteiger partial charge on any atom is 0.336 e. The Morgan fingerprint density at radius 2 is 1.91 bits per heavy atom. The highest BCUT2D eigenvalue weighted by atomic mass is 16.5. The molecule has 1 aliphatic heterocycles. The minimum Gasteiger partial charge on any atom is -0.494 e. The fourth-order valence-electron chi connectivity index (χ4n) is 3.84. The normalized spacial score (nSPS) is 14.7. The highest BCUT2D eigenvalue weighted by Gasteiger charge is 2.31. The SMILES string of the molecule is CCCCOc1cccc(C2C(C#N)=C(N)Oc3cc(OC(=O)/C=C/c4ccccc4)ccc32)c1. The number of esters is 1. The van der Waals surface area contributed by atoms with Gasteiger partial charge in [-0.2, -0.15) is 5.26 Å². The molecule has 6 nitrogen and oxygen atoms in total. The minimum absolute atomic E-state index is 0.0229. The number of nitrogens with zero attached hydrogens (tertiary/aromatic N) is 1. The number of carbonyl (C=O) groups excluding carboxylic acids is 1. The maximum absolute atomic E-state index is 12.3. The summed E-state index contributed by atoms with van der Waals surface area (Å²) in [5.41, 5.74) is 8.94. The van der Waals surface area contributed by atoms with Crippen molar-refractivity contribution in [3.63, 3.8) is 0 Å². The molecule has 2 N–H and O–H groups in total. The molecule has 1 atom stereocenters. The van der Waals surface area contributed by atoms with Gasteiger partial charge in [0.25, 0.3) is 0 Å². The van der Waals surface area contributed by atoms with Crippen molar-refractivity contribution in [1.29, 1.82) is 5.26 Å². The van der Waals surface area contributed by atoms with Gasteiger partial charge in [0.2, 0.25) is 5.88 Å². The van der Waals surface area contributed by atoms with Crippen LogP contribution in [0.3, 0.4) is 0 Å². The first kappa shape index (κ1) is 23.7. The first-order valence-corrected chi connectivity index (χ1v) is 11.5. The Morgan fingerprint density at radius 3 is 2.69 bits per heavy atom. The van der Waals surface area contributed by atoms with Crippen molar-refractivity contribution < 1.29 is 19.0 Å². The van der Waals surface area contributed by atoms with Crippen molar-refractivity contribution in [3.05, 3.63) is 107 Å². The third kappa shape index (κ3) is 5.71. The van der Waals surface area contributed by atoms with Gasteiger partial charge in [-0.25, -0.2) is 4.79 Å². The van der Waals surface area contributed by atoms with E-state index in [1.54, 1.807) is 24.3 Å². The lowest BCUT2D eigenvalue weighted by Crippen LogP contribution is -2.21. The molecule has 0 saturated heterocycles. The monoisotopic (exact) mass is 466 g/mol. The summed E-state index contributed by atoms with van der Waals surface area (Å²) in [7, 11) is 0. The second kappa shape index (κ2) is 11.1. The van der Waals surface area contributed by atoms with Crippen LogP contribution in [-0.4, -0.2) is 12.6 Å². The topological polar surface area (TPSA) is 94.6 Å². The molecule has 0 aromatic heterocycles. The molecule has 0 spiro atoms. The van der Waals surface area contributed by atoms with Crippen LogP contribution < -0.4 is 19.9 Å². The molecular formula is C29H26N2O4. The second-order valence-corrected chi connectivity index (χ2v) is 8.06. The van der Waals surface area contributed by atoms with Crippen LogP contribution in [0.5, 0.6) is 17.2 Å². The third-order valence-corrected chi connectivity index (χ3v) is 5.58. The Balaban J connectivity index is 1.58. The summed E-state index contributed by atoms with van der Waals surface area (Å²) in [6, 6.07) is 24.4. The molecule has 1 heterocycles. The average molecular weight is 467 g/mol. The van der Waals surface area contributed by atoms with Crippen LogP contribution in [0.1, 0.15) is 42.4 Å². The van der Waals surface area contributed by atoms with E-state index in [1.807, 2.05) is 54.6 Å². The average Bonchev–Trinajstić information content (AvgIpc) is 2.87. The minimum atomic E-state index is -0.515. The fraction of sp³-hybridized carbons (Fsp3) is 0.172. The summed E-state index contributed by atoms with van der Waals surface area (Å²) in [5, 5.41) is 9.81. The lowest BCUT2D eigenvalue weighted by atomic mass is 9.83. The molecule has 6 heteroatoms. The van der Waals surface area contributed by atoms with Crippen molar-refractivity contribution in [1.82, 2.24) is 0 Å². The number of fused-ring (bicyclic) bond motifs is 1. The molecule has 0 bridgehead atoms. The Morgan fingerprint density at radius 1 is 1.09 bits per heavy atom. The van der Waals surface area contributed by atoms with E-state index in [1.165, 1.54) is 6.08 Å². The van der Waals surface area contributed by atoms with Crippen molar-refractivity contribution >= 4 is 12.0 Å². The highest BCUT2D eigenvalue weighted by molar-refractivity contribution is 5.88. The van der Waals surface area contributed by atoms with E-state index in [2.05, 4.69) is 13.0 Å². The van der Waals surface area contributed by atoms with E-state index in [-0.39, 0.29) is 5.88 Å². The summed E-state index contributed by atoms with van der Waals surface area (Å²) in [6.45, 7) is 2.73. The Labute approximate surface area is 204 Å². The number of hydrogen-bond donors (Lipinski definition) is 1. The van der Waals surface area contributed by atoms with E-state index in [0.29, 0.717) is 23.7 Å². The molecule has 0 amide bonds. The molecule has 0 saturated carbocycles. The lowest BCUT2D eigenvalue weighted by molar-refractivity contribution is -0.128. The standard InChI is InChI=1S/C29H26N2O4/c1-2-3-16-33-22-11-7-10-21(17-22)28-24-14-13-23(18-26(24)35-29(31)25(28)19-30)34-27(32)15-12-20-8-5-4-6-9-20/h4-15,17-18,28H,2-3,16,31H2,1H3/b15-12+. The zero-order valence-corrected chi connectivity index (χ0v) is 19.4. The molecule has 3 aromatic rings. The molecular weight excluding hydrogens is 440 g/mol. The zero-order chi connectivity index (χ0) is 24.6. The number of hydrogen-bond acceptors (Lipinski definition) is 6. The quantitative estimate of drug-likeness (QED) is 0.198. The van der Waals surface area contributed by atoms with Gasteiger partial charge in [-0.3, -0.25) is 0 Å². The van der Waals surface area contributed by atoms with Crippen molar-refractivity contribution in [2.24, 2.45) is 5.73 Å².